The van der Waals surface area contributed by atoms with Crippen LogP contribution in [0.5, 0.6) is 0 Å². The molecule has 0 amide bonds. The highest BCUT2D eigenvalue weighted by Gasteiger charge is 2.33. The molecule has 1 heterocycles. The van der Waals surface area contributed by atoms with E-state index in [1.54, 1.807) is 0 Å². The van der Waals surface area contributed by atoms with Gasteiger partial charge in [0.1, 0.15) is 6.29 Å². The molecule has 0 aliphatic carbocycles. The highest BCUT2D eigenvalue weighted by molar-refractivity contribution is 5.86. The lowest BCUT2D eigenvalue weighted by Gasteiger charge is -2.47. The number of carbonyl (C=O) groups excluding carboxylic acids is 1. The van der Waals surface area contributed by atoms with E-state index >= 15 is 0 Å². The fraction of sp³-hybridized carbons (Fsp3) is 0.471. The number of anilines is 1. The summed E-state index contributed by atoms with van der Waals surface area (Å²) in [5.41, 5.74) is 4.43. The molecule has 1 aromatic rings. The third-order valence-electron chi connectivity index (χ3n) is 4.06. The number of benzene rings is 1. The summed E-state index contributed by atoms with van der Waals surface area (Å²) in [7, 11) is 0. The molecule has 0 radical (unpaired) electrons. The molecule has 2 nitrogen and oxygen atoms in total. The van der Waals surface area contributed by atoms with E-state index in [1.165, 1.54) is 16.8 Å². The van der Waals surface area contributed by atoms with Gasteiger partial charge in [-0.1, -0.05) is 13.0 Å². The second kappa shape index (κ2) is 4.84. The minimum Gasteiger partial charge on any atom is -0.360 e. The maximum atomic E-state index is 11.0. The van der Waals surface area contributed by atoms with Gasteiger partial charge in [0.2, 0.25) is 0 Å². The Labute approximate surface area is 116 Å². The highest BCUT2D eigenvalue weighted by atomic mass is 16.1. The van der Waals surface area contributed by atoms with Crippen LogP contribution in [0.25, 0.3) is 5.57 Å². The van der Waals surface area contributed by atoms with Gasteiger partial charge in [-0.05, 0) is 57.9 Å². The molecule has 102 valence electrons. The van der Waals surface area contributed by atoms with Crippen LogP contribution in [0.2, 0.25) is 0 Å². The number of nitrogens with zero attached hydrogens (tertiary/aromatic N) is 1. The van der Waals surface area contributed by atoms with E-state index in [2.05, 4.69) is 51.7 Å². The number of rotatable bonds is 3. The molecule has 0 saturated carbocycles. The Bertz CT molecular complexity index is 528. The zero-order valence-electron chi connectivity index (χ0n) is 12.5. The number of carbonyl (C=O) groups is 1. The smallest absolute Gasteiger partial charge is 0.150 e. The summed E-state index contributed by atoms with van der Waals surface area (Å²) in [4.78, 5) is 13.4. The maximum Gasteiger partial charge on any atom is 0.150 e. The van der Waals surface area contributed by atoms with Crippen LogP contribution in [-0.2, 0) is 0 Å². The van der Waals surface area contributed by atoms with Crippen LogP contribution in [0.4, 0.5) is 5.69 Å². The molecule has 0 bridgehead atoms. The van der Waals surface area contributed by atoms with Gasteiger partial charge in [-0.25, -0.2) is 0 Å². The van der Waals surface area contributed by atoms with Crippen LogP contribution in [0.15, 0.2) is 24.3 Å². The molecule has 0 saturated heterocycles. The molecule has 2 rings (SSSR count). The zero-order chi connectivity index (χ0) is 14.2. The van der Waals surface area contributed by atoms with Crippen molar-refractivity contribution in [2.45, 2.75) is 52.6 Å². The van der Waals surface area contributed by atoms with Crippen LogP contribution < -0.4 is 4.90 Å². The Kier molecular flexibility index (Phi) is 3.53. The van der Waals surface area contributed by atoms with Gasteiger partial charge in [-0.3, -0.25) is 4.79 Å². The van der Waals surface area contributed by atoms with Crippen molar-refractivity contribution in [3.05, 3.63) is 35.4 Å². The molecule has 1 atom stereocenters. The van der Waals surface area contributed by atoms with Gasteiger partial charge in [0.05, 0.1) is 5.54 Å². The summed E-state index contributed by atoms with van der Waals surface area (Å²) in [6, 6.07) is 6.47. The molecule has 1 aliphatic heterocycles. The van der Waals surface area contributed by atoms with Gasteiger partial charge in [-0.2, -0.15) is 0 Å². The number of fused-ring (bicyclic) bond motifs is 1. The average molecular weight is 257 g/mol. The summed E-state index contributed by atoms with van der Waals surface area (Å²) in [5, 5.41) is 0. The molecule has 2 heteroatoms. The van der Waals surface area contributed by atoms with Crippen molar-refractivity contribution >= 4 is 17.5 Å². The van der Waals surface area contributed by atoms with Gasteiger partial charge in [0.15, 0.2) is 0 Å². The highest BCUT2D eigenvalue weighted by Crippen LogP contribution is 2.40. The largest absolute Gasteiger partial charge is 0.360 e. The summed E-state index contributed by atoms with van der Waals surface area (Å²) in [6.07, 6.45) is 4.32. The quantitative estimate of drug-likeness (QED) is 0.752. The second-order valence-corrected chi connectivity index (χ2v) is 6.00. The molecule has 0 spiro atoms. The molecule has 19 heavy (non-hydrogen) atoms. The first-order chi connectivity index (χ1) is 8.90. The molecular weight excluding hydrogens is 234 g/mol. The molecule has 1 aliphatic rings. The Morgan fingerprint density at radius 3 is 2.63 bits per heavy atom. The van der Waals surface area contributed by atoms with Crippen molar-refractivity contribution in [3.8, 4) is 0 Å². The van der Waals surface area contributed by atoms with Gasteiger partial charge >= 0.3 is 0 Å². The predicted molar refractivity (Wildman–Crippen MR) is 81.8 cm³/mol. The van der Waals surface area contributed by atoms with Gasteiger partial charge in [-0.15, -0.1) is 0 Å². The summed E-state index contributed by atoms with van der Waals surface area (Å²) in [6.45, 7) is 11.1. The Hall–Kier alpha value is -1.57. The topological polar surface area (TPSA) is 20.3 Å². The maximum absolute atomic E-state index is 11.0. The van der Waals surface area contributed by atoms with Gasteiger partial charge < -0.3 is 4.90 Å². The first-order valence-corrected chi connectivity index (χ1v) is 6.99. The van der Waals surface area contributed by atoms with E-state index in [0.717, 1.165) is 18.3 Å². The second-order valence-electron chi connectivity index (χ2n) is 6.00. The van der Waals surface area contributed by atoms with Crippen molar-refractivity contribution in [1.29, 1.82) is 0 Å². The molecule has 0 aromatic heterocycles. The van der Waals surface area contributed by atoms with Crippen LogP contribution in [-0.4, -0.2) is 17.9 Å². The minimum atomic E-state index is 0.00913. The van der Waals surface area contributed by atoms with E-state index in [0.29, 0.717) is 6.04 Å². The number of hydrogen-bond donors (Lipinski definition) is 0. The lowest BCUT2D eigenvalue weighted by molar-refractivity contribution is 0.112. The number of allylic oxidation sites excluding steroid dienone is 1. The lowest BCUT2D eigenvalue weighted by Crippen LogP contribution is -2.50. The van der Waals surface area contributed by atoms with E-state index in [4.69, 9.17) is 0 Å². The number of hydrogen-bond acceptors (Lipinski definition) is 2. The Balaban J connectivity index is 2.62. The molecule has 0 fully saturated rings. The van der Waals surface area contributed by atoms with E-state index in [1.807, 2.05) is 12.1 Å². The third-order valence-corrected chi connectivity index (χ3v) is 4.06. The average Bonchev–Trinajstić information content (AvgIpc) is 2.37. The van der Waals surface area contributed by atoms with Gasteiger partial charge in [0, 0.05) is 22.9 Å². The van der Waals surface area contributed by atoms with Crippen molar-refractivity contribution in [1.82, 2.24) is 0 Å². The monoisotopic (exact) mass is 257 g/mol. The zero-order valence-corrected chi connectivity index (χ0v) is 12.5. The van der Waals surface area contributed by atoms with E-state index in [9.17, 15) is 4.79 Å². The molecule has 0 N–H and O–H groups in total. The molecular formula is C17H23NO. The standard InChI is InChI=1S/C17H23NO/c1-6-13(3)18-16-8-7-14(11-19)9-15(16)12(2)10-17(18,4)5/h7-11,13H,6H2,1-5H3/t13-/m1/s1. The minimum absolute atomic E-state index is 0.00913. The van der Waals surface area contributed by atoms with Crippen molar-refractivity contribution in [3.63, 3.8) is 0 Å². The fourth-order valence-corrected chi connectivity index (χ4v) is 3.13. The summed E-state index contributed by atoms with van der Waals surface area (Å²) >= 11 is 0. The third kappa shape index (κ3) is 2.32. The van der Waals surface area contributed by atoms with E-state index < -0.39 is 0 Å². The SMILES string of the molecule is CC[C@@H](C)N1c2ccc(C=O)cc2C(C)=CC1(C)C. The molecule has 1 aromatic carbocycles. The first kappa shape index (κ1) is 13.9. The van der Waals surface area contributed by atoms with Crippen LogP contribution in [0.1, 0.15) is 57.0 Å². The van der Waals surface area contributed by atoms with Crippen molar-refractivity contribution < 1.29 is 4.79 Å². The van der Waals surface area contributed by atoms with Crippen LogP contribution >= 0.6 is 0 Å². The molecule has 0 unspecified atom stereocenters. The lowest BCUT2D eigenvalue weighted by atomic mass is 9.86. The Morgan fingerprint density at radius 2 is 2.05 bits per heavy atom. The predicted octanol–water partition coefficient (Wildman–Crippen LogP) is 4.30. The summed E-state index contributed by atoms with van der Waals surface area (Å²) in [5.74, 6) is 0. The Morgan fingerprint density at radius 1 is 1.37 bits per heavy atom. The van der Waals surface area contributed by atoms with Gasteiger partial charge in [0.25, 0.3) is 0 Å². The van der Waals surface area contributed by atoms with Crippen molar-refractivity contribution in [2.75, 3.05) is 4.90 Å². The summed E-state index contributed by atoms with van der Waals surface area (Å²) < 4.78 is 0. The van der Waals surface area contributed by atoms with E-state index in [-0.39, 0.29) is 5.54 Å². The first-order valence-electron chi connectivity index (χ1n) is 6.99. The van der Waals surface area contributed by atoms with Crippen molar-refractivity contribution in [2.24, 2.45) is 0 Å². The van der Waals surface area contributed by atoms with Crippen LogP contribution in [0, 0.1) is 0 Å². The number of aldehydes is 1. The normalized spacial score (nSPS) is 18.6. The fourth-order valence-electron chi connectivity index (χ4n) is 3.13. The van der Waals surface area contributed by atoms with Crippen LogP contribution in [0.3, 0.4) is 0 Å².